The van der Waals surface area contributed by atoms with Crippen LogP contribution in [0, 0.1) is 10.1 Å². The summed E-state index contributed by atoms with van der Waals surface area (Å²) in [5, 5.41) is 22.2. The van der Waals surface area contributed by atoms with E-state index >= 15 is 0 Å². The molecule has 1 atom stereocenters. The van der Waals surface area contributed by atoms with E-state index in [9.17, 15) is 24.8 Å². The maximum absolute atomic E-state index is 13.0. The molecular weight excluding hydrogens is 398 g/mol. The van der Waals surface area contributed by atoms with E-state index in [1.807, 2.05) is 13.8 Å². The van der Waals surface area contributed by atoms with Gasteiger partial charge in [-0.2, -0.15) is 0 Å². The van der Waals surface area contributed by atoms with E-state index in [-0.39, 0.29) is 23.6 Å². The Kier molecular flexibility index (Phi) is 6.81. The van der Waals surface area contributed by atoms with Crippen LogP contribution in [0.5, 0.6) is 0 Å². The van der Waals surface area contributed by atoms with Gasteiger partial charge in [0.25, 0.3) is 17.4 Å². The molecule has 0 aromatic heterocycles. The van der Waals surface area contributed by atoms with Crippen LogP contribution in [0.1, 0.15) is 31.0 Å². The highest BCUT2D eigenvalue weighted by Crippen LogP contribution is 2.40. The number of amides is 1. The van der Waals surface area contributed by atoms with Crippen molar-refractivity contribution < 1.29 is 19.6 Å². The Morgan fingerprint density at radius 2 is 1.77 bits per heavy atom. The van der Waals surface area contributed by atoms with Gasteiger partial charge >= 0.3 is 0 Å². The second kappa shape index (κ2) is 9.53. The number of benzene rings is 2. The zero-order valence-corrected chi connectivity index (χ0v) is 17.5. The van der Waals surface area contributed by atoms with E-state index in [0.29, 0.717) is 17.7 Å². The maximum atomic E-state index is 13.0. The van der Waals surface area contributed by atoms with Crippen molar-refractivity contribution in [1.29, 1.82) is 0 Å². The molecule has 1 fully saturated rings. The number of non-ortho nitro benzene ring substituents is 1. The molecule has 0 saturated carbocycles. The zero-order chi connectivity index (χ0) is 22.5. The van der Waals surface area contributed by atoms with Crippen molar-refractivity contribution in [3.63, 3.8) is 0 Å². The molecule has 1 amide bonds. The Balaban J connectivity index is 2.13. The highest BCUT2D eigenvalue weighted by atomic mass is 16.6. The third kappa shape index (κ3) is 4.49. The SMILES string of the molecule is CCN(CC)CCN1C(=O)C(=O)C(=C(O)c2ccccc2)[C@@H]1c1cccc([N+](=O)[O-])c1. The number of carbonyl (C=O) groups is 2. The van der Waals surface area contributed by atoms with Crippen molar-refractivity contribution in [3.8, 4) is 0 Å². The van der Waals surface area contributed by atoms with E-state index in [2.05, 4.69) is 4.90 Å². The fourth-order valence-corrected chi connectivity index (χ4v) is 3.81. The number of aliphatic hydroxyl groups excluding tert-OH is 1. The Labute approximate surface area is 180 Å². The largest absolute Gasteiger partial charge is 0.507 e. The molecule has 8 heteroatoms. The number of rotatable bonds is 8. The van der Waals surface area contributed by atoms with Crippen molar-refractivity contribution in [2.75, 3.05) is 26.2 Å². The molecule has 1 aliphatic heterocycles. The Hall–Kier alpha value is -3.52. The van der Waals surface area contributed by atoms with Crippen LogP contribution in [0.25, 0.3) is 5.76 Å². The van der Waals surface area contributed by atoms with Crippen molar-refractivity contribution in [2.24, 2.45) is 0 Å². The van der Waals surface area contributed by atoms with E-state index in [1.165, 1.54) is 23.1 Å². The van der Waals surface area contributed by atoms with Gasteiger partial charge in [0.2, 0.25) is 0 Å². The van der Waals surface area contributed by atoms with Crippen molar-refractivity contribution >= 4 is 23.1 Å². The lowest BCUT2D eigenvalue weighted by molar-refractivity contribution is -0.384. The highest BCUT2D eigenvalue weighted by molar-refractivity contribution is 6.46. The van der Waals surface area contributed by atoms with Crippen LogP contribution in [-0.4, -0.2) is 57.7 Å². The van der Waals surface area contributed by atoms with Crippen LogP contribution in [-0.2, 0) is 9.59 Å². The summed E-state index contributed by atoms with van der Waals surface area (Å²) in [6, 6.07) is 13.4. The summed E-state index contributed by atoms with van der Waals surface area (Å²) in [5.41, 5.74) is 0.605. The van der Waals surface area contributed by atoms with Gasteiger partial charge in [0, 0.05) is 30.8 Å². The molecule has 1 aliphatic rings. The molecule has 0 unspecified atom stereocenters. The number of Topliss-reactive ketones (excluding diaryl/α,β-unsaturated/α-hetero) is 1. The molecule has 31 heavy (non-hydrogen) atoms. The second-order valence-electron chi connectivity index (χ2n) is 7.24. The van der Waals surface area contributed by atoms with Gasteiger partial charge in [-0.05, 0) is 18.7 Å². The quantitative estimate of drug-likeness (QED) is 0.230. The molecule has 0 aliphatic carbocycles. The third-order valence-corrected chi connectivity index (χ3v) is 5.54. The fraction of sp³-hybridized carbons (Fsp3) is 0.304. The molecule has 1 heterocycles. The summed E-state index contributed by atoms with van der Waals surface area (Å²) >= 11 is 0. The smallest absolute Gasteiger partial charge is 0.295 e. The van der Waals surface area contributed by atoms with E-state index in [0.717, 1.165) is 13.1 Å². The van der Waals surface area contributed by atoms with Gasteiger partial charge in [-0.15, -0.1) is 0 Å². The minimum Gasteiger partial charge on any atom is -0.507 e. The van der Waals surface area contributed by atoms with Crippen LogP contribution >= 0.6 is 0 Å². The van der Waals surface area contributed by atoms with Crippen LogP contribution < -0.4 is 0 Å². The number of hydrogen-bond acceptors (Lipinski definition) is 6. The number of carbonyl (C=O) groups excluding carboxylic acids is 2. The number of likely N-dealkylation sites (tertiary alicyclic amines) is 1. The summed E-state index contributed by atoms with van der Waals surface area (Å²) < 4.78 is 0. The number of aliphatic hydroxyl groups is 1. The maximum Gasteiger partial charge on any atom is 0.295 e. The summed E-state index contributed by atoms with van der Waals surface area (Å²) in [6.07, 6.45) is 0. The third-order valence-electron chi connectivity index (χ3n) is 5.54. The number of nitro groups is 1. The molecule has 1 N–H and O–H groups in total. The van der Waals surface area contributed by atoms with Gasteiger partial charge in [-0.25, -0.2) is 0 Å². The monoisotopic (exact) mass is 423 g/mol. The number of nitrogens with zero attached hydrogens (tertiary/aromatic N) is 3. The Morgan fingerprint density at radius 1 is 1.10 bits per heavy atom. The average Bonchev–Trinajstić information content (AvgIpc) is 3.05. The van der Waals surface area contributed by atoms with Gasteiger partial charge in [0.1, 0.15) is 5.76 Å². The van der Waals surface area contributed by atoms with E-state index in [4.69, 9.17) is 0 Å². The molecule has 3 rings (SSSR count). The number of hydrogen-bond donors (Lipinski definition) is 1. The summed E-state index contributed by atoms with van der Waals surface area (Å²) in [6.45, 7) is 6.37. The predicted octanol–water partition coefficient (Wildman–Crippen LogP) is 3.36. The average molecular weight is 423 g/mol. The molecule has 1 saturated heterocycles. The van der Waals surface area contributed by atoms with Crippen molar-refractivity contribution in [2.45, 2.75) is 19.9 Å². The van der Waals surface area contributed by atoms with Gasteiger partial charge in [0.15, 0.2) is 0 Å². The number of nitro benzene ring substituents is 1. The van der Waals surface area contributed by atoms with Gasteiger partial charge in [0.05, 0.1) is 16.5 Å². The van der Waals surface area contributed by atoms with Crippen LogP contribution in [0.4, 0.5) is 5.69 Å². The van der Waals surface area contributed by atoms with Crippen molar-refractivity contribution in [3.05, 3.63) is 81.4 Å². The standard InChI is InChI=1S/C23H25N3O5/c1-3-24(4-2)13-14-25-20(17-11-8-12-18(15-17)26(30)31)19(22(28)23(25)29)21(27)16-9-6-5-7-10-16/h5-12,15,20,27H,3-4,13-14H2,1-2H3/t20-/m0/s1. The first-order valence-corrected chi connectivity index (χ1v) is 10.2. The topological polar surface area (TPSA) is 104 Å². The number of likely N-dealkylation sites (N-methyl/N-ethyl adjacent to an activating group) is 1. The normalized spacial score (nSPS) is 18.0. The lowest BCUT2D eigenvalue weighted by atomic mass is 9.95. The molecule has 0 spiro atoms. The van der Waals surface area contributed by atoms with E-state index < -0.39 is 22.7 Å². The molecule has 2 aromatic carbocycles. The van der Waals surface area contributed by atoms with Gasteiger partial charge in [-0.1, -0.05) is 56.3 Å². The van der Waals surface area contributed by atoms with E-state index in [1.54, 1.807) is 36.4 Å². The second-order valence-corrected chi connectivity index (χ2v) is 7.24. The molecular formula is C23H25N3O5. The van der Waals surface area contributed by atoms with Crippen LogP contribution in [0.15, 0.2) is 60.2 Å². The Bertz CT molecular complexity index is 1010. The molecule has 0 radical (unpaired) electrons. The first-order valence-electron chi connectivity index (χ1n) is 10.2. The summed E-state index contributed by atoms with van der Waals surface area (Å²) in [7, 11) is 0. The van der Waals surface area contributed by atoms with Crippen LogP contribution in [0.2, 0.25) is 0 Å². The first kappa shape index (κ1) is 22.2. The molecule has 8 nitrogen and oxygen atoms in total. The Morgan fingerprint density at radius 3 is 2.39 bits per heavy atom. The summed E-state index contributed by atoms with van der Waals surface area (Å²) in [4.78, 5) is 40.2. The fourth-order valence-electron chi connectivity index (χ4n) is 3.81. The first-order chi connectivity index (χ1) is 14.9. The molecule has 2 aromatic rings. The zero-order valence-electron chi connectivity index (χ0n) is 17.5. The highest BCUT2D eigenvalue weighted by Gasteiger charge is 2.46. The van der Waals surface area contributed by atoms with Gasteiger partial charge in [-0.3, -0.25) is 19.7 Å². The minimum absolute atomic E-state index is 0.0590. The van der Waals surface area contributed by atoms with Crippen LogP contribution in [0.3, 0.4) is 0 Å². The predicted molar refractivity (Wildman–Crippen MR) is 116 cm³/mol. The lowest BCUT2D eigenvalue weighted by Crippen LogP contribution is -2.38. The summed E-state index contributed by atoms with van der Waals surface area (Å²) in [5.74, 6) is -1.81. The molecule has 162 valence electrons. The lowest BCUT2D eigenvalue weighted by Gasteiger charge is -2.28. The van der Waals surface area contributed by atoms with Crippen molar-refractivity contribution in [1.82, 2.24) is 9.80 Å². The molecule has 0 bridgehead atoms. The minimum atomic E-state index is -0.907. The number of ketones is 1. The van der Waals surface area contributed by atoms with Gasteiger partial charge < -0.3 is 14.9 Å².